The van der Waals surface area contributed by atoms with Gasteiger partial charge in [-0.1, -0.05) is 6.92 Å². The van der Waals surface area contributed by atoms with E-state index in [1.165, 1.54) is 0 Å². The summed E-state index contributed by atoms with van der Waals surface area (Å²) in [5.41, 5.74) is -0.451. The molecule has 5 heteroatoms. The minimum atomic E-state index is -0.451. The zero-order chi connectivity index (χ0) is 13.6. The second-order valence-corrected chi connectivity index (χ2v) is 5.25. The molecule has 2 atom stereocenters. The average molecular weight is 255 g/mol. The second-order valence-electron chi connectivity index (χ2n) is 5.25. The molecule has 0 radical (unpaired) electrons. The van der Waals surface area contributed by atoms with E-state index in [-0.39, 0.29) is 17.9 Å². The predicted molar refractivity (Wildman–Crippen MR) is 71.2 cm³/mol. The summed E-state index contributed by atoms with van der Waals surface area (Å²) in [4.78, 5) is 23.4. The Bertz CT molecular complexity index is 299. The third kappa shape index (κ3) is 4.29. The van der Waals surface area contributed by atoms with Crippen LogP contribution in [0.15, 0.2) is 0 Å². The van der Waals surface area contributed by atoms with Gasteiger partial charge in [-0.25, -0.2) is 0 Å². The minimum Gasteiger partial charge on any atom is -0.354 e. The molecular formula is C13H25N3O2. The lowest BCUT2D eigenvalue weighted by Gasteiger charge is -2.23. The zero-order valence-corrected chi connectivity index (χ0v) is 11.6. The summed E-state index contributed by atoms with van der Waals surface area (Å²) in [6.07, 6.45) is 3.14. The van der Waals surface area contributed by atoms with Gasteiger partial charge in [-0.2, -0.15) is 0 Å². The number of amides is 2. The Morgan fingerprint density at radius 1 is 1.44 bits per heavy atom. The highest BCUT2D eigenvalue weighted by Crippen LogP contribution is 2.18. The summed E-state index contributed by atoms with van der Waals surface area (Å²) in [5.74, 6) is -0.00877. The fourth-order valence-electron chi connectivity index (χ4n) is 2.02. The van der Waals surface area contributed by atoms with Gasteiger partial charge in [0.05, 0.1) is 5.54 Å². The summed E-state index contributed by atoms with van der Waals surface area (Å²) in [6.45, 7) is 7.20. The van der Waals surface area contributed by atoms with Crippen LogP contribution in [0.1, 0.15) is 46.5 Å². The fourth-order valence-corrected chi connectivity index (χ4v) is 2.02. The minimum absolute atomic E-state index is 0.00339. The maximum absolute atomic E-state index is 11.9. The SMILES string of the molecule is CCC(C)NC(=O)CCNC(=O)C1(C)CCCN1. The van der Waals surface area contributed by atoms with E-state index >= 15 is 0 Å². The van der Waals surface area contributed by atoms with Crippen LogP contribution in [0, 0.1) is 0 Å². The first-order chi connectivity index (χ1) is 8.48. The van der Waals surface area contributed by atoms with E-state index in [1.54, 1.807) is 0 Å². The second kappa shape index (κ2) is 6.73. The topological polar surface area (TPSA) is 70.2 Å². The van der Waals surface area contributed by atoms with Crippen molar-refractivity contribution in [1.82, 2.24) is 16.0 Å². The van der Waals surface area contributed by atoms with Crippen LogP contribution in [0.5, 0.6) is 0 Å². The van der Waals surface area contributed by atoms with Gasteiger partial charge in [0, 0.05) is 19.0 Å². The van der Waals surface area contributed by atoms with E-state index in [1.807, 2.05) is 20.8 Å². The highest BCUT2D eigenvalue weighted by atomic mass is 16.2. The van der Waals surface area contributed by atoms with Crippen LogP contribution in [-0.2, 0) is 9.59 Å². The molecule has 5 nitrogen and oxygen atoms in total. The summed E-state index contributed by atoms with van der Waals surface area (Å²) in [6, 6.07) is 0.196. The molecule has 1 heterocycles. The van der Waals surface area contributed by atoms with Gasteiger partial charge in [-0.3, -0.25) is 9.59 Å². The molecular weight excluding hydrogens is 230 g/mol. The highest BCUT2D eigenvalue weighted by Gasteiger charge is 2.35. The molecule has 0 bridgehead atoms. The Morgan fingerprint density at radius 2 is 2.17 bits per heavy atom. The van der Waals surface area contributed by atoms with Crippen LogP contribution in [-0.4, -0.2) is 36.5 Å². The van der Waals surface area contributed by atoms with Crippen molar-refractivity contribution in [2.45, 2.75) is 58.0 Å². The lowest BCUT2D eigenvalue weighted by molar-refractivity contribution is -0.126. The Kier molecular flexibility index (Phi) is 5.59. The molecule has 0 aromatic rings. The molecule has 0 aromatic carbocycles. The maximum atomic E-state index is 11.9. The van der Waals surface area contributed by atoms with Crippen LogP contribution < -0.4 is 16.0 Å². The van der Waals surface area contributed by atoms with E-state index in [4.69, 9.17) is 0 Å². The number of carbonyl (C=O) groups excluding carboxylic acids is 2. The molecule has 104 valence electrons. The van der Waals surface area contributed by atoms with Crippen molar-refractivity contribution in [2.75, 3.05) is 13.1 Å². The van der Waals surface area contributed by atoms with E-state index in [0.717, 1.165) is 25.8 Å². The van der Waals surface area contributed by atoms with Crippen molar-refractivity contribution in [2.24, 2.45) is 0 Å². The molecule has 2 amide bonds. The smallest absolute Gasteiger partial charge is 0.240 e. The molecule has 3 N–H and O–H groups in total. The molecule has 0 saturated carbocycles. The number of hydrogen-bond acceptors (Lipinski definition) is 3. The molecule has 1 aliphatic rings. The van der Waals surface area contributed by atoms with Crippen LogP contribution in [0.2, 0.25) is 0 Å². The highest BCUT2D eigenvalue weighted by molar-refractivity contribution is 5.86. The predicted octanol–water partition coefficient (Wildman–Crippen LogP) is 0.550. The van der Waals surface area contributed by atoms with Crippen molar-refractivity contribution in [3.05, 3.63) is 0 Å². The van der Waals surface area contributed by atoms with E-state index < -0.39 is 5.54 Å². The molecule has 0 spiro atoms. The number of nitrogens with one attached hydrogen (secondary N) is 3. The molecule has 2 unspecified atom stereocenters. The Morgan fingerprint density at radius 3 is 2.72 bits per heavy atom. The fraction of sp³-hybridized carbons (Fsp3) is 0.846. The normalized spacial score (nSPS) is 24.6. The van der Waals surface area contributed by atoms with Crippen molar-refractivity contribution in [3.8, 4) is 0 Å². The van der Waals surface area contributed by atoms with Gasteiger partial charge in [0.1, 0.15) is 0 Å². The van der Waals surface area contributed by atoms with Crippen molar-refractivity contribution >= 4 is 11.8 Å². The van der Waals surface area contributed by atoms with Gasteiger partial charge >= 0.3 is 0 Å². The van der Waals surface area contributed by atoms with Gasteiger partial charge in [-0.15, -0.1) is 0 Å². The largest absolute Gasteiger partial charge is 0.354 e. The van der Waals surface area contributed by atoms with Gasteiger partial charge < -0.3 is 16.0 Å². The molecule has 1 fully saturated rings. The molecule has 18 heavy (non-hydrogen) atoms. The first-order valence-corrected chi connectivity index (χ1v) is 6.80. The maximum Gasteiger partial charge on any atom is 0.240 e. The number of rotatable bonds is 6. The van der Waals surface area contributed by atoms with Gasteiger partial charge in [-0.05, 0) is 39.7 Å². The van der Waals surface area contributed by atoms with Crippen LogP contribution in [0.25, 0.3) is 0 Å². The average Bonchev–Trinajstić information content (AvgIpc) is 2.77. The first-order valence-electron chi connectivity index (χ1n) is 6.80. The molecule has 0 aromatic heterocycles. The van der Waals surface area contributed by atoms with E-state index in [0.29, 0.717) is 13.0 Å². The Hall–Kier alpha value is -1.10. The summed E-state index contributed by atoms with van der Waals surface area (Å²) < 4.78 is 0. The van der Waals surface area contributed by atoms with Crippen LogP contribution >= 0.6 is 0 Å². The van der Waals surface area contributed by atoms with Gasteiger partial charge in [0.15, 0.2) is 0 Å². The van der Waals surface area contributed by atoms with Crippen LogP contribution in [0.3, 0.4) is 0 Å². The zero-order valence-electron chi connectivity index (χ0n) is 11.6. The molecule has 1 aliphatic heterocycles. The van der Waals surface area contributed by atoms with Gasteiger partial charge in [0.25, 0.3) is 0 Å². The lowest BCUT2D eigenvalue weighted by Crippen LogP contribution is -2.51. The standard InChI is InChI=1S/C13H25N3O2/c1-4-10(2)16-11(17)6-9-14-12(18)13(3)7-5-8-15-13/h10,15H,4-9H2,1-3H3,(H,14,18)(H,16,17). The molecule has 0 aliphatic carbocycles. The summed E-state index contributed by atoms with van der Waals surface area (Å²) in [7, 11) is 0. The Balaban J connectivity index is 2.21. The summed E-state index contributed by atoms with van der Waals surface area (Å²) in [5, 5.41) is 8.90. The number of hydrogen-bond donors (Lipinski definition) is 3. The van der Waals surface area contributed by atoms with E-state index in [9.17, 15) is 9.59 Å². The number of carbonyl (C=O) groups is 2. The third-order valence-electron chi connectivity index (χ3n) is 3.53. The first kappa shape index (κ1) is 15.0. The molecule has 1 saturated heterocycles. The quantitative estimate of drug-likeness (QED) is 0.649. The molecule has 1 rings (SSSR count). The summed E-state index contributed by atoms with van der Waals surface area (Å²) >= 11 is 0. The van der Waals surface area contributed by atoms with E-state index in [2.05, 4.69) is 16.0 Å². The van der Waals surface area contributed by atoms with Crippen molar-refractivity contribution in [3.63, 3.8) is 0 Å². The van der Waals surface area contributed by atoms with Crippen molar-refractivity contribution < 1.29 is 9.59 Å². The van der Waals surface area contributed by atoms with Crippen LogP contribution in [0.4, 0.5) is 0 Å². The Labute approximate surface area is 109 Å². The lowest BCUT2D eigenvalue weighted by atomic mass is 9.99. The third-order valence-corrected chi connectivity index (χ3v) is 3.53. The van der Waals surface area contributed by atoms with Crippen molar-refractivity contribution in [1.29, 1.82) is 0 Å². The van der Waals surface area contributed by atoms with Gasteiger partial charge in [0.2, 0.25) is 11.8 Å². The monoisotopic (exact) mass is 255 g/mol.